The molecule has 0 radical (unpaired) electrons. The third-order valence-corrected chi connectivity index (χ3v) is 4.57. The molecule has 3 rings (SSSR count). The van der Waals surface area contributed by atoms with Crippen molar-refractivity contribution >= 4 is 29.2 Å². The zero-order valence-corrected chi connectivity index (χ0v) is 12.1. The lowest BCUT2D eigenvalue weighted by Crippen LogP contribution is -2.42. The third kappa shape index (κ3) is 2.08. The van der Waals surface area contributed by atoms with E-state index in [0.717, 1.165) is 19.3 Å². The summed E-state index contributed by atoms with van der Waals surface area (Å²) in [6.07, 6.45) is 2.83. The minimum absolute atomic E-state index is 0.101. The predicted molar refractivity (Wildman–Crippen MR) is 77.8 cm³/mol. The van der Waals surface area contributed by atoms with E-state index in [1.54, 1.807) is 29.2 Å². The van der Waals surface area contributed by atoms with Crippen LogP contribution in [0.4, 0.5) is 10.5 Å². The van der Waals surface area contributed by atoms with E-state index in [1.165, 1.54) is 4.90 Å². The number of fused-ring (bicyclic) bond motifs is 1. The average Bonchev–Trinajstić information content (AvgIpc) is 2.72. The number of hydrogen-bond acceptors (Lipinski definition) is 2. The Morgan fingerprint density at radius 3 is 2.60 bits per heavy atom. The Morgan fingerprint density at radius 1 is 1.25 bits per heavy atom. The standard InChI is InChI=1S/C15H17ClN2O2/c1-2-10-7-8-17-13(9-10)14(19)18(15(17)20)12-5-3-11(16)4-6-12/h3-6,10,13H,2,7-9H2,1H3. The second kappa shape index (κ2) is 5.09. The summed E-state index contributed by atoms with van der Waals surface area (Å²) in [5.41, 5.74) is 0.604. The van der Waals surface area contributed by atoms with Crippen molar-refractivity contribution in [3.63, 3.8) is 0 Å². The Kier molecular flexibility index (Phi) is 3.42. The van der Waals surface area contributed by atoms with Crippen LogP contribution in [0.15, 0.2) is 24.3 Å². The molecule has 0 aromatic heterocycles. The minimum atomic E-state index is -0.281. The number of benzene rings is 1. The van der Waals surface area contributed by atoms with E-state index in [9.17, 15) is 9.59 Å². The molecule has 0 spiro atoms. The first kappa shape index (κ1) is 13.4. The van der Waals surface area contributed by atoms with Gasteiger partial charge in [0.05, 0.1) is 5.69 Å². The first-order chi connectivity index (χ1) is 9.61. The molecule has 2 aliphatic rings. The molecule has 2 heterocycles. The summed E-state index contributed by atoms with van der Waals surface area (Å²) in [4.78, 5) is 28.0. The second-order valence-corrected chi connectivity index (χ2v) is 5.88. The molecule has 1 aromatic carbocycles. The van der Waals surface area contributed by atoms with Crippen molar-refractivity contribution in [1.29, 1.82) is 0 Å². The molecule has 2 unspecified atom stereocenters. The molecule has 5 heteroatoms. The van der Waals surface area contributed by atoms with Gasteiger partial charge in [0.1, 0.15) is 6.04 Å². The molecule has 3 amide bonds. The maximum atomic E-state index is 12.5. The van der Waals surface area contributed by atoms with Gasteiger partial charge in [0.25, 0.3) is 5.91 Å². The van der Waals surface area contributed by atoms with E-state index in [2.05, 4.69) is 6.92 Å². The highest BCUT2D eigenvalue weighted by molar-refractivity contribution is 6.30. The van der Waals surface area contributed by atoms with Crippen LogP contribution in [0.1, 0.15) is 26.2 Å². The van der Waals surface area contributed by atoms with Crippen LogP contribution >= 0.6 is 11.6 Å². The quantitative estimate of drug-likeness (QED) is 0.785. The van der Waals surface area contributed by atoms with Gasteiger partial charge in [0, 0.05) is 11.6 Å². The number of carbonyl (C=O) groups excluding carboxylic acids is 2. The Hall–Kier alpha value is -1.55. The third-order valence-electron chi connectivity index (χ3n) is 4.32. The number of urea groups is 1. The predicted octanol–water partition coefficient (Wildman–Crippen LogP) is 3.30. The number of imide groups is 1. The molecule has 106 valence electrons. The Bertz CT molecular complexity index is 543. The van der Waals surface area contributed by atoms with Crippen LogP contribution in [0.3, 0.4) is 0 Å². The van der Waals surface area contributed by atoms with Crippen LogP contribution in [0.25, 0.3) is 0 Å². The molecule has 0 N–H and O–H groups in total. The van der Waals surface area contributed by atoms with Gasteiger partial charge in [-0.05, 0) is 43.0 Å². The molecule has 20 heavy (non-hydrogen) atoms. The van der Waals surface area contributed by atoms with Crippen molar-refractivity contribution in [2.24, 2.45) is 5.92 Å². The van der Waals surface area contributed by atoms with Gasteiger partial charge in [-0.15, -0.1) is 0 Å². The van der Waals surface area contributed by atoms with E-state index < -0.39 is 0 Å². The van der Waals surface area contributed by atoms with Gasteiger partial charge in [-0.1, -0.05) is 24.9 Å². The monoisotopic (exact) mass is 292 g/mol. The average molecular weight is 293 g/mol. The van der Waals surface area contributed by atoms with Crippen LogP contribution in [-0.4, -0.2) is 29.4 Å². The summed E-state index contributed by atoms with van der Waals surface area (Å²) in [5.74, 6) is 0.439. The van der Waals surface area contributed by atoms with Crippen molar-refractivity contribution in [3.8, 4) is 0 Å². The molecule has 0 saturated carbocycles. The van der Waals surface area contributed by atoms with E-state index in [4.69, 9.17) is 11.6 Å². The van der Waals surface area contributed by atoms with Gasteiger partial charge in [0.15, 0.2) is 0 Å². The Labute approximate surface area is 123 Å². The van der Waals surface area contributed by atoms with Gasteiger partial charge in [0.2, 0.25) is 0 Å². The number of carbonyl (C=O) groups is 2. The molecule has 1 aromatic rings. The van der Waals surface area contributed by atoms with Crippen LogP contribution in [0.2, 0.25) is 5.02 Å². The van der Waals surface area contributed by atoms with Crippen LogP contribution in [-0.2, 0) is 4.79 Å². The van der Waals surface area contributed by atoms with Gasteiger partial charge < -0.3 is 4.90 Å². The lowest BCUT2D eigenvalue weighted by Gasteiger charge is -2.31. The fourth-order valence-electron chi connectivity index (χ4n) is 3.07. The molecule has 4 nitrogen and oxygen atoms in total. The molecular weight excluding hydrogens is 276 g/mol. The molecular formula is C15H17ClN2O2. The lowest BCUT2D eigenvalue weighted by atomic mass is 9.89. The molecule has 2 atom stereocenters. The zero-order chi connectivity index (χ0) is 14.3. The summed E-state index contributed by atoms with van der Waals surface area (Å²) in [6.45, 7) is 2.82. The lowest BCUT2D eigenvalue weighted by molar-refractivity contribution is -0.120. The largest absolute Gasteiger partial charge is 0.332 e. The van der Waals surface area contributed by atoms with Crippen molar-refractivity contribution < 1.29 is 9.59 Å². The van der Waals surface area contributed by atoms with E-state index in [0.29, 0.717) is 23.2 Å². The van der Waals surface area contributed by atoms with Crippen molar-refractivity contribution in [2.75, 3.05) is 11.4 Å². The number of hydrogen-bond donors (Lipinski definition) is 0. The van der Waals surface area contributed by atoms with Crippen LogP contribution in [0, 0.1) is 5.92 Å². The van der Waals surface area contributed by atoms with E-state index in [-0.39, 0.29) is 18.0 Å². The zero-order valence-electron chi connectivity index (χ0n) is 11.4. The highest BCUT2D eigenvalue weighted by Crippen LogP contribution is 2.34. The molecule has 0 bridgehead atoms. The maximum absolute atomic E-state index is 12.5. The number of halogens is 1. The smallest absolute Gasteiger partial charge is 0.312 e. The van der Waals surface area contributed by atoms with E-state index in [1.807, 2.05) is 0 Å². The number of nitrogens with zero attached hydrogens (tertiary/aromatic N) is 2. The fraction of sp³-hybridized carbons (Fsp3) is 0.467. The highest BCUT2D eigenvalue weighted by atomic mass is 35.5. The number of amides is 3. The number of piperidine rings is 1. The topological polar surface area (TPSA) is 40.6 Å². The fourth-order valence-corrected chi connectivity index (χ4v) is 3.20. The van der Waals surface area contributed by atoms with Crippen molar-refractivity contribution in [2.45, 2.75) is 32.2 Å². The Balaban J connectivity index is 1.89. The first-order valence-electron chi connectivity index (χ1n) is 7.02. The van der Waals surface area contributed by atoms with Gasteiger partial charge >= 0.3 is 6.03 Å². The van der Waals surface area contributed by atoms with Gasteiger partial charge in [-0.3, -0.25) is 4.79 Å². The normalized spacial score (nSPS) is 26.1. The van der Waals surface area contributed by atoms with E-state index >= 15 is 0 Å². The summed E-state index contributed by atoms with van der Waals surface area (Å²) in [6, 6.07) is 6.35. The maximum Gasteiger partial charge on any atom is 0.332 e. The summed E-state index contributed by atoms with van der Waals surface area (Å²) in [7, 11) is 0. The molecule has 2 aliphatic heterocycles. The van der Waals surface area contributed by atoms with Gasteiger partial charge in [-0.2, -0.15) is 0 Å². The van der Waals surface area contributed by atoms with Crippen LogP contribution < -0.4 is 4.90 Å². The second-order valence-electron chi connectivity index (χ2n) is 5.44. The Morgan fingerprint density at radius 2 is 1.95 bits per heavy atom. The number of anilines is 1. The van der Waals surface area contributed by atoms with Gasteiger partial charge in [-0.25, -0.2) is 9.69 Å². The SMILES string of the molecule is CCC1CCN2C(=O)N(c3ccc(Cl)cc3)C(=O)C2C1. The highest BCUT2D eigenvalue weighted by Gasteiger charge is 2.48. The summed E-state index contributed by atoms with van der Waals surface area (Å²) in [5, 5.41) is 0.594. The molecule has 2 saturated heterocycles. The summed E-state index contributed by atoms with van der Waals surface area (Å²) < 4.78 is 0. The summed E-state index contributed by atoms with van der Waals surface area (Å²) >= 11 is 5.85. The van der Waals surface area contributed by atoms with Crippen molar-refractivity contribution in [3.05, 3.63) is 29.3 Å². The number of rotatable bonds is 2. The van der Waals surface area contributed by atoms with Crippen molar-refractivity contribution in [1.82, 2.24) is 4.90 Å². The van der Waals surface area contributed by atoms with Crippen LogP contribution in [0.5, 0.6) is 0 Å². The molecule has 2 fully saturated rings. The minimum Gasteiger partial charge on any atom is -0.312 e. The molecule has 0 aliphatic carbocycles. The first-order valence-corrected chi connectivity index (χ1v) is 7.39.